The van der Waals surface area contributed by atoms with Crippen LogP contribution in [0.1, 0.15) is 30.9 Å². The molecule has 2 aromatic carbocycles. The Morgan fingerprint density at radius 2 is 1.75 bits per heavy atom. The summed E-state index contributed by atoms with van der Waals surface area (Å²) in [5, 5.41) is 4.08. The number of carbonyl (C=O) groups is 2. The first-order valence-corrected chi connectivity index (χ1v) is 12.2. The normalized spacial score (nSPS) is 14.7. The Hall–Kier alpha value is -2.73. The molecule has 0 saturated carbocycles. The molecule has 1 fully saturated rings. The molecule has 1 aliphatic heterocycles. The highest BCUT2D eigenvalue weighted by molar-refractivity contribution is 8.00. The van der Waals surface area contributed by atoms with Gasteiger partial charge >= 0.3 is 0 Å². The first-order valence-electron chi connectivity index (χ1n) is 11.3. The predicted molar refractivity (Wildman–Crippen MR) is 132 cm³/mol. The number of piperidine rings is 1. The third-order valence-corrected chi connectivity index (χ3v) is 7.10. The number of likely N-dealkylation sites (tertiary alicyclic amines) is 1. The van der Waals surface area contributed by atoms with E-state index in [1.54, 1.807) is 0 Å². The smallest absolute Gasteiger partial charge is 0.242 e. The molecular weight excluding hydrogens is 418 g/mol. The zero-order valence-corrected chi connectivity index (χ0v) is 19.9. The van der Waals surface area contributed by atoms with E-state index in [0.717, 1.165) is 58.5 Å². The van der Waals surface area contributed by atoms with Crippen LogP contribution in [0.2, 0.25) is 0 Å². The van der Waals surface area contributed by atoms with Crippen molar-refractivity contribution >= 4 is 40.2 Å². The van der Waals surface area contributed by atoms with E-state index >= 15 is 0 Å². The molecule has 0 atom stereocenters. The van der Waals surface area contributed by atoms with Gasteiger partial charge in [0.15, 0.2) is 0 Å². The summed E-state index contributed by atoms with van der Waals surface area (Å²) in [5.74, 6) is 1.15. The van der Waals surface area contributed by atoms with E-state index in [0.29, 0.717) is 18.2 Å². The van der Waals surface area contributed by atoms with Gasteiger partial charge in [-0.3, -0.25) is 9.59 Å². The van der Waals surface area contributed by atoms with E-state index in [9.17, 15) is 9.59 Å². The summed E-state index contributed by atoms with van der Waals surface area (Å²) in [5.41, 5.74) is 4.12. The van der Waals surface area contributed by atoms with Crippen molar-refractivity contribution < 1.29 is 9.59 Å². The number of amides is 2. The van der Waals surface area contributed by atoms with Crippen molar-refractivity contribution in [3.63, 3.8) is 0 Å². The van der Waals surface area contributed by atoms with Crippen molar-refractivity contribution in [2.75, 3.05) is 24.2 Å². The average molecular weight is 450 g/mol. The van der Waals surface area contributed by atoms with Crippen LogP contribution in [0.15, 0.2) is 53.6 Å². The molecule has 2 amide bonds. The summed E-state index contributed by atoms with van der Waals surface area (Å²) < 4.78 is 2.03. The molecule has 6 heteroatoms. The molecule has 5 nitrogen and oxygen atoms in total. The van der Waals surface area contributed by atoms with Crippen LogP contribution >= 0.6 is 11.8 Å². The third-order valence-electron chi connectivity index (χ3n) is 6.06. The van der Waals surface area contributed by atoms with Crippen molar-refractivity contribution in [3.8, 4) is 0 Å². The lowest BCUT2D eigenvalue weighted by Crippen LogP contribution is -2.39. The lowest BCUT2D eigenvalue weighted by Gasteiger charge is -2.30. The lowest BCUT2D eigenvalue weighted by atomic mass is 9.99. The third kappa shape index (κ3) is 5.36. The molecule has 1 saturated heterocycles. The van der Waals surface area contributed by atoms with Crippen LogP contribution in [-0.2, 0) is 16.1 Å². The number of benzene rings is 2. The van der Waals surface area contributed by atoms with E-state index < -0.39 is 0 Å². The number of fused-ring (bicyclic) bond motifs is 1. The topological polar surface area (TPSA) is 54.3 Å². The fourth-order valence-electron chi connectivity index (χ4n) is 4.35. The van der Waals surface area contributed by atoms with Gasteiger partial charge in [0.25, 0.3) is 0 Å². The number of hydrogen-bond acceptors (Lipinski definition) is 3. The van der Waals surface area contributed by atoms with Crippen LogP contribution in [0.3, 0.4) is 0 Å². The molecule has 1 aliphatic rings. The first-order chi connectivity index (χ1) is 15.4. The second-order valence-corrected chi connectivity index (χ2v) is 9.93. The molecule has 1 aromatic heterocycles. The Morgan fingerprint density at radius 3 is 2.47 bits per heavy atom. The van der Waals surface area contributed by atoms with Gasteiger partial charge in [0, 0.05) is 40.8 Å². The quantitative estimate of drug-likeness (QED) is 0.523. The second-order valence-electron chi connectivity index (χ2n) is 8.91. The molecule has 0 unspecified atom stereocenters. The molecule has 0 aliphatic carbocycles. The van der Waals surface area contributed by atoms with Gasteiger partial charge in [-0.2, -0.15) is 0 Å². The lowest BCUT2D eigenvalue weighted by molar-refractivity contribution is -0.133. The molecule has 4 rings (SSSR count). The Labute approximate surface area is 194 Å². The van der Waals surface area contributed by atoms with Crippen LogP contribution < -0.4 is 5.32 Å². The highest BCUT2D eigenvalue weighted by Crippen LogP contribution is 2.30. The van der Waals surface area contributed by atoms with Crippen molar-refractivity contribution in [3.05, 3.63) is 59.8 Å². The van der Waals surface area contributed by atoms with Gasteiger partial charge in [-0.15, -0.1) is 11.8 Å². The summed E-state index contributed by atoms with van der Waals surface area (Å²) in [6.45, 7) is 8.33. The van der Waals surface area contributed by atoms with E-state index in [-0.39, 0.29) is 11.8 Å². The molecule has 3 aromatic rings. The SMILES string of the molecule is Cc1cc(C)cc(NC(=O)CSc2cn(CC(=O)N3CCC(C)CC3)c3ccccc23)c1. The fourth-order valence-corrected chi connectivity index (χ4v) is 5.24. The van der Waals surface area contributed by atoms with Crippen molar-refractivity contribution in [2.24, 2.45) is 5.92 Å². The molecule has 0 spiro atoms. The van der Waals surface area contributed by atoms with Crippen LogP contribution in [-0.4, -0.2) is 40.1 Å². The Morgan fingerprint density at radius 1 is 1.06 bits per heavy atom. The van der Waals surface area contributed by atoms with Gasteiger partial charge in [-0.25, -0.2) is 0 Å². The highest BCUT2D eigenvalue weighted by Gasteiger charge is 2.21. The molecule has 0 bridgehead atoms. The fraction of sp³-hybridized carbons (Fsp3) is 0.385. The van der Waals surface area contributed by atoms with E-state index in [1.807, 2.05) is 59.8 Å². The number of aromatic nitrogens is 1. The van der Waals surface area contributed by atoms with Gasteiger partial charge in [0.05, 0.1) is 5.75 Å². The van der Waals surface area contributed by atoms with E-state index in [1.165, 1.54) is 11.8 Å². The molecule has 32 heavy (non-hydrogen) atoms. The second kappa shape index (κ2) is 9.82. The summed E-state index contributed by atoms with van der Waals surface area (Å²) in [4.78, 5) is 28.5. The number of nitrogens with one attached hydrogen (secondary N) is 1. The number of anilines is 1. The molecule has 1 N–H and O–H groups in total. The standard InChI is InChI=1S/C26H31N3O2S/c1-18-8-10-28(11-9-18)26(31)16-29-15-24(22-6-4-5-7-23(22)29)32-17-25(30)27-21-13-19(2)12-20(3)14-21/h4-7,12-15,18H,8-11,16-17H2,1-3H3,(H,27,30). The summed E-state index contributed by atoms with van der Waals surface area (Å²) >= 11 is 1.51. The molecule has 0 radical (unpaired) electrons. The number of hydrogen-bond donors (Lipinski definition) is 1. The molecule has 2 heterocycles. The van der Waals surface area contributed by atoms with Gasteiger partial charge in [-0.05, 0) is 61.9 Å². The Balaban J connectivity index is 1.44. The number of rotatable bonds is 6. The molecule has 168 valence electrons. The van der Waals surface area contributed by atoms with Gasteiger partial charge < -0.3 is 14.8 Å². The van der Waals surface area contributed by atoms with Crippen LogP contribution in [0, 0.1) is 19.8 Å². The zero-order chi connectivity index (χ0) is 22.7. The Bertz CT molecular complexity index is 1110. The number of nitrogens with zero attached hydrogens (tertiary/aromatic N) is 2. The van der Waals surface area contributed by atoms with Gasteiger partial charge in [0.1, 0.15) is 6.54 Å². The molecular formula is C26H31N3O2S. The van der Waals surface area contributed by atoms with E-state index in [2.05, 4.69) is 24.4 Å². The Kier molecular flexibility index (Phi) is 6.89. The highest BCUT2D eigenvalue weighted by atomic mass is 32.2. The van der Waals surface area contributed by atoms with Crippen LogP contribution in [0.4, 0.5) is 5.69 Å². The summed E-state index contributed by atoms with van der Waals surface area (Å²) in [6, 6.07) is 14.1. The maximum atomic E-state index is 12.9. The van der Waals surface area contributed by atoms with E-state index in [4.69, 9.17) is 0 Å². The van der Waals surface area contributed by atoms with Crippen LogP contribution in [0.5, 0.6) is 0 Å². The maximum Gasteiger partial charge on any atom is 0.242 e. The van der Waals surface area contributed by atoms with Crippen molar-refractivity contribution in [1.82, 2.24) is 9.47 Å². The zero-order valence-electron chi connectivity index (χ0n) is 19.1. The first kappa shape index (κ1) is 22.5. The summed E-state index contributed by atoms with van der Waals surface area (Å²) in [7, 11) is 0. The van der Waals surface area contributed by atoms with Gasteiger partial charge in [-0.1, -0.05) is 31.2 Å². The maximum absolute atomic E-state index is 12.9. The monoisotopic (exact) mass is 449 g/mol. The van der Waals surface area contributed by atoms with Crippen molar-refractivity contribution in [2.45, 2.75) is 45.1 Å². The minimum absolute atomic E-state index is 0.0321. The predicted octanol–water partition coefficient (Wildman–Crippen LogP) is 5.25. The summed E-state index contributed by atoms with van der Waals surface area (Å²) in [6.07, 6.45) is 4.17. The number of carbonyl (C=O) groups excluding carboxylic acids is 2. The van der Waals surface area contributed by atoms with Crippen molar-refractivity contribution in [1.29, 1.82) is 0 Å². The minimum atomic E-state index is -0.0321. The number of aryl methyl sites for hydroxylation is 2. The minimum Gasteiger partial charge on any atom is -0.341 e. The number of thioether (sulfide) groups is 1. The van der Waals surface area contributed by atoms with Gasteiger partial charge in [0.2, 0.25) is 11.8 Å². The largest absolute Gasteiger partial charge is 0.341 e. The van der Waals surface area contributed by atoms with Crippen LogP contribution in [0.25, 0.3) is 10.9 Å². The number of para-hydroxylation sites is 1. The average Bonchev–Trinajstić information content (AvgIpc) is 3.09.